The lowest BCUT2D eigenvalue weighted by atomic mass is 10.0. The van der Waals surface area contributed by atoms with E-state index >= 15 is 0 Å². The largest absolute Gasteiger partial charge is 0.493 e. The fraction of sp³-hybridized carbons (Fsp3) is 0.600. The maximum absolute atomic E-state index is 6.16. The molecule has 0 aromatic heterocycles. The average molecular weight is 549 g/mol. The highest BCUT2D eigenvalue weighted by Crippen LogP contribution is 2.33. The summed E-state index contributed by atoms with van der Waals surface area (Å²) in [5, 5.41) is 0. The van der Waals surface area contributed by atoms with Crippen molar-refractivity contribution in [3.8, 4) is 16.9 Å². The topological polar surface area (TPSA) is 9.23 Å². The van der Waals surface area contributed by atoms with E-state index < -0.39 is 0 Å². The molecule has 0 atom stereocenters. The molecule has 0 spiro atoms. The van der Waals surface area contributed by atoms with E-state index in [2.05, 4.69) is 78.0 Å². The van der Waals surface area contributed by atoms with Crippen molar-refractivity contribution in [1.29, 1.82) is 0 Å². The highest BCUT2D eigenvalue weighted by Gasteiger charge is 2.08. The first-order valence-electron chi connectivity index (χ1n) is 13.3. The van der Waals surface area contributed by atoms with Crippen molar-refractivity contribution in [1.82, 2.24) is 0 Å². The van der Waals surface area contributed by atoms with Crippen LogP contribution in [0.15, 0.2) is 48.5 Å². The Labute approximate surface area is 211 Å². The van der Waals surface area contributed by atoms with Gasteiger partial charge < -0.3 is 4.74 Å². The molecule has 0 aliphatic carbocycles. The third-order valence-corrected chi connectivity index (χ3v) is 7.25. The van der Waals surface area contributed by atoms with Crippen molar-refractivity contribution in [2.75, 3.05) is 6.61 Å². The van der Waals surface area contributed by atoms with Crippen LogP contribution >= 0.6 is 22.6 Å². The molecule has 0 fully saturated rings. The smallest absolute Gasteiger partial charge is 0.127 e. The molecule has 0 aliphatic rings. The number of hydrogen-bond donors (Lipinski definition) is 0. The second-order valence-electron chi connectivity index (χ2n) is 9.13. The van der Waals surface area contributed by atoms with Crippen LogP contribution in [0.2, 0.25) is 0 Å². The molecule has 2 aromatic carbocycles. The number of benzene rings is 2. The lowest BCUT2D eigenvalue weighted by Crippen LogP contribution is -1.99. The van der Waals surface area contributed by atoms with E-state index in [1.165, 1.54) is 111 Å². The number of rotatable bonds is 19. The second-order valence-corrected chi connectivity index (χ2v) is 10.3. The zero-order chi connectivity index (χ0) is 22.7. The standard InChI is InChI=1S/C30H45IO/c1-2-3-4-5-6-7-8-9-10-11-12-13-14-15-16-21-26-32-30-25-20-18-23-28(30)27-22-17-19-24-29(27)31/h17-20,22-25H,2-16,21,26H2,1H3. The van der Waals surface area contributed by atoms with Crippen molar-refractivity contribution in [2.24, 2.45) is 0 Å². The van der Waals surface area contributed by atoms with Crippen LogP contribution < -0.4 is 4.74 Å². The molecule has 0 radical (unpaired) electrons. The first-order chi connectivity index (χ1) is 15.8. The fourth-order valence-electron chi connectivity index (χ4n) is 4.33. The number of halogens is 1. The molecule has 32 heavy (non-hydrogen) atoms. The summed E-state index contributed by atoms with van der Waals surface area (Å²) in [4.78, 5) is 0. The summed E-state index contributed by atoms with van der Waals surface area (Å²) in [5.41, 5.74) is 2.46. The maximum Gasteiger partial charge on any atom is 0.127 e. The van der Waals surface area contributed by atoms with Gasteiger partial charge in [-0.15, -0.1) is 0 Å². The van der Waals surface area contributed by atoms with Crippen molar-refractivity contribution < 1.29 is 4.74 Å². The number of para-hydroxylation sites is 1. The first-order valence-corrected chi connectivity index (χ1v) is 14.4. The van der Waals surface area contributed by atoms with Crippen LogP contribution in [-0.2, 0) is 0 Å². The molecule has 0 heterocycles. The molecule has 2 aromatic rings. The molecule has 0 saturated heterocycles. The van der Waals surface area contributed by atoms with Gasteiger partial charge in [-0.05, 0) is 46.7 Å². The Morgan fingerprint density at radius 1 is 0.531 bits per heavy atom. The summed E-state index contributed by atoms with van der Waals surface area (Å²) in [6, 6.07) is 17.0. The molecular formula is C30H45IO. The highest BCUT2D eigenvalue weighted by atomic mass is 127. The molecule has 2 heteroatoms. The molecule has 0 unspecified atom stereocenters. The third kappa shape index (κ3) is 11.7. The molecule has 1 nitrogen and oxygen atoms in total. The summed E-state index contributed by atoms with van der Waals surface area (Å²) < 4.78 is 7.43. The molecule has 0 N–H and O–H groups in total. The van der Waals surface area contributed by atoms with Crippen LogP contribution in [0.1, 0.15) is 110 Å². The Kier molecular flexibility index (Phi) is 15.7. The predicted molar refractivity (Wildman–Crippen MR) is 150 cm³/mol. The minimum Gasteiger partial charge on any atom is -0.493 e. The minimum atomic E-state index is 0.818. The Morgan fingerprint density at radius 2 is 0.969 bits per heavy atom. The Balaban J connectivity index is 1.44. The van der Waals surface area contributed by atoms with Crippen LogP contribution in [-0.4, -0.2) is 6.61 Å². The van der Waals surface area contributed by atoms with Gasteiger partial charge in [0.15, 0.2) is 0 Å². The number of unbranched alkanes of at least 4 members (excludes halogenated alkanes) is 15. The van der Waals surface area contributed by atoms with Gasteiger partial charge in [-0.1, -0.05) is 140 Å². The monoisotopic (exact) mass is 548 g/mol. The highest BCUT2D eigenvalue weighted by molar-refractivity contribution is 14.1. The van der Waals surface area contributed by atoms with Gasteiger partial charge in [-0.3, -0.25) is 0 Å². The van der Waals surface area contributed by atoms with Crippen LogP contribution in [0.25, 0.3) is 11.1 Å². The third-order valence-electron chi connectivity index (χ3n) is 6.31. The molecule has 0 aliphatic heterocycles. The molecule has 2 rings (SSSR count). The SMILES string of the molecule is CCCCCCCCCCCCCCCCCCOc1ccccc1-c1ccccc1I. The van der Waals surface area contributed by atoms with Crippen molar-refractivity contribution >= 4 is 22.6 Å². The predicted octanol–water partition coefficient (Wildman–Crippen LogP) is 10.6. The quantitative estimate of drug-likeness (QED) is 0.125. The van der Waals surface area contributed by atoms with E-state index in [9.17, 15) is 0 Å². The lowest BCUT2D eigenvalue weighted by Gasteiger charge is -2.13. The average Bonchev–Trinajstić information content (AvgIpc) is 2.82. The fourth-order valence-corrected chi connectivity index (χ4v) is 5.00. The summed E-state index contributed by atoms with van der Waals surface area (Å²) in [6.07, 6.45) is 22.4. The van der Waals surface area contributed by atoms with Crippen LogP contribution in [0, 0.1) is 3.57 Å². The van der Waals surface area contributed by atoms with Gasteiger partial charge in [-0.25, -0.2) is 0 Å². The van der Waals surface area contributed by atoms with Gasteiger partial charge in [0, 0.05) is 9.13 Å². The molecule has 0 saturated carbocycles. The molecule has 0 bridgehead atoms. The van der Waals surface area contributed by atoms with Gasteiger partial charge in [0.2, 0.25) is 0 Å². The van der Waals surface area contributed by atoms with Crippen LogP contribution in [0.4, 0.5) is 0 Å². The minimum absolute atomic E-state index is 0.818. The number of hydrogen-bond acceptors (Lipinski definition) is 1. The molecule has 178 valence electrons. The van der Waals surface area contributed by atoms with Gasteiger partial charge in [0.25, 0.3) is 0 Å². The first kappa shape index (κ1) is 27.2. The van der Waals surface area contributed by atoms with E-state index in [1.807, 2.05) is 0 Å². The lowest BCUT2D eigenvalue weighted by molar-refractivity contribution is 0.305. The zero-order valence-electron chi connectivity index (χ0n) is 20.4. The van der Waals surface area contributed by atoms with Crippen molar-refractivity contribution in [3.05, 3.63) is 52.1 Å². The van der Waals surface area contributed by atoms with E-state index in [0.717, 1.165) is 18.8 Å². The zero-order valence-corrected chi connectivity index (χ0v) is 22.6. The molecular weight excluding hydrogens is 503 g/mol. The van der Waals surface area contributed by atoms with Crippen LogP contribution in [0.5, 0.6) is 5.75 Å². The van der Waals surface area contributed by atoms with Gasteiger partial charge >= 0.3 is 0 Å². The summed E-state index contributed by atoms with van der Waals surface area (Å²) >= 11 is 2.41. The summed E-state index contributed by atoms with van der Waals surface area (Å²) in [6.45, 7) is 3.11. The Morgan fingerprint density at radius 3 is 1.50 bits per heavy atom. The van der Waals surface area contributed by atoms with Gasteiger partial charge in [-0.2, -0.15) is 0 Å². The van der Waals surface area contributed by atoms with Gasteiger partial charge in [0.05, 0.1) is 6.61 Å². The van der Waals surface area contributed by atoms with Crippen LogP contribution in [0.3, 0.4) is 0 Å². The summed E-state index contributed by atoms with van der Waals surface area (Å²) in [5.74, 6) is 1.01. The van der Waals surface area contributed by atoms with E-state index in [1.54, 1.807) is 0 Å². The summed E-state index contributed by atoms with van der Waals surface area (Å²) in [7, 11) is 0. The van der Waals surface area contributed by atoms with Crippen molar-refractivity contribution in [2.45, 2.75) is 110 Å². The molecule has 0 amide bonds. The maximum atomic E-state index is 6.16. The Bertz CT molecular complexity index is 711. The Hall–Kier alpha value is -1.03. The van der Waals surface area contributed by atoms with E-state index in [4.69, 9.17) is 4.74 Å². The second kappa shape index (κ2) is 18.4. The van der Waals surface area contributed by atoms with E-state index in [-0.39, 0.29) is 0 Å². The normalized spacial score (nSPS) is 11.1. The number of ether oxygens (including phenoxy) is 1. The van der Waals surface area contributed by atoms with Gasteiger partial charge in [0.1, 0.15) is 5.75 Å². The van der Waals surface area contributed by atoms with E-state index in [0.29, 0.717) is 0 Å². The van der Waals surface area contributed by atoms with Crippen molar-refractivity contribution in [3.63, 3.8) is 0 Å².